The molecule has 0 saturated heterocycles. The van der Waals surface area contributed by atoms with E-state index < -0.39 is 10.8 Å². The summed E-state index contributed by atoms with van der Waals surface area (Å²) in [6, 6.07) is 16.1. The van der Waals surface area contributed by atoms with Crippen molar-refractivity contribution in [3.8, 4) is 17.1 Å². The van der Waals surface area contributed by atoms with Crippen LogP contribution in [0.5, 0.6) is 5.75 Å². The Balaban J connectivity index is 1.57. The lowest BCUT2D eigenvalue weighted by atomic mass is 10.1. The van der Waals surface area contributed by atoms with Crippen molar-refractivity contribution in [1.29, 1.82) is 0 Å². The lowest BCUT2D eigenvalue weighted by Gasteiger charge is -2.04. The topological polar surface area (TPSA) is 107 Å². The number of hydrogen-bond acceptors (Lipinski definition) is 6. The van der Waals surface area contributed by atoms with Gasteiger partial charge in [0.05, 0.1) is 16.7 Å². The summed E-state index contributed by atoms with van der Waals surface area (Å²) in [5.41, 5.74) is 2.59. The Morgan fingerprint density at radius 1 is 1.21 bits per heavy atom. The number of nitrogens with zero attached hydrogens (tertiary/aromatic N) is 2. The van der Waals surface area contributed by atoms with Crippen molar-refractivity contribution in [2.75, 3.05) is 6.61 Å². The zero-order valence-corrected chi connectivity index (χ0v) is 15.1. The summed E-state index contributed by atoms with van der Waals surface area (Å²) in [6.07, 6.45) is 1.29. The number of ether oxygens (including phenoxy) is 1. The second-order valence-corrected chi connectivity index (χ2v) is 5.95. The lowest BCUT2D eigenvalue weighted by Crippen LogP contribution is -2.24. The van der Waals surface area contributed by atoms with Crippen molar-refractivity contribution in [1.82, 2.24) is 5.43 Å². The number of carbonyl (C=O) groups excluding carboxylic acids is 1. The molecular formula is C19H14ClN3O5. The molecule has 28 heavy (non-hydrogen) atoms. The van der Waals surface area contributed by atoms with Gasteiger partial charge in [0, 0.05) is 11.1 Å². The molecule has 3 aromatic rings. The fourth-order valence-corrected chi connectivity index (χ4v) is 2.49. The SMILES string of the molecule is O=C(COc1cccc(Cl)c1)NN=Cc1ccc(-c2ccccc2[N+](=O)[O-])o1. The van der Waals surface area contributed by atoms with Crippen LogP contribution in [-0.2, 0) is 4.79 Å². The van der Waals surface area contributed by atoms with Gasteiger partial charge in [-0.1, -0.05) is 29.8 Å². The van der Waals surface area contributed by atoms with Crippen molar-refractivity contribution in [3.05, 3.63) is 81.6 Å². The number of nitro benzene ring substituents is 1. The van der Waals surface area contributed by atoms with E-state index in [1.165, 1.54) is 12.3 Å². The quantitative estimate of drug-likeness (QED) is 0.366. The molecule has 0 spiro atoms. The first-order valence-electron chi connectivity index (χ1n) is 8.07. The Morgan fingerprint density at radius 2 is 2.04 bits per heavy atom. The van der Waals surface area contributed by atoms with Crippen LogP contribution in [0.15, 0.2) is 70.2 Å². The third kappa shape index (κ3) is 4.95. The molecule has 0 atom stereocenters. The van der Waals surface area contributed by atoms with Crippen LogP contribution in [0, 0.1) is 10.1 Å². The molecule has 0 unspecified atom stereocenters. The predicted octanol–water partition coefficient (Wildman–Crippen LogP) is 4.04. The largest absolute Gasteiger partial charge is 0.484 e. The number of hydrazone groups is 1. The first-order chi connectivity index (χ1) is 13.5. The highest BCUT2D eigenvalue weighted by Crippen LogP contribution is 2.30. The van der Waals surface area contributed by atoms with Gasteiger partial charge in [0.25, 0.3) is 11.6 Å². The minimum absolute atomic E-state index is 0.0631. The van der Waals surface area contributed by atoms with E-state index >= 15 is 0 Å². The van der Waals surface area contributed by atoms with E-state index in [1.54, 1.807) is 54.6 Å². The number of para-hydroxylation sites is 1. The number of hydrogen-bond donors (Lipinski definition) is 1. The zero-order chi connectivity index (χ0) is 19.9. The van der Waals surface area contributed by atoms with Gasteiger partial charge < -0.3 is 9.15 Å². The highest BCUT2D eigenvalue weighted by atomic mass is 35.5. The molecule has 1 heterocycles. The normalized spacial score (nSPS) is 10.8. The summed E-state index contributed by atoms with van der Waals surface area (Å²) in [6.45, 7) is -0.239. The van der Waals surface area contributed by atoms with E-state index in [-0.39, 0.29) is 12.3 Å². The summed E-state index contributed by atoms with van der Waals surface area (Å²) in [5, 5.41) is 15.4. The molecule has 2 aromatic carbocycles. The number of rotatable bonds is 7. The Kier molecular flexibility index (Phi) is 6.03. The summed E-state index contributed by atoms with van der Waals surface area (Å²) < 4.78 is 10.8. The van der Waals surface area contributed by atoms with Gasteiger partial charge in [-0.25, -0.2) is 5.43 Å². The van der Waals surface area contributed by atoms with Gasteiger partial charge in [0.15, 0.2) is 6.61 Å². The average Bonchev–Trinajstić information content (AvgIpc) is 3.15. The van der Waals surface area contributed by atoms with Gasteiger partial charge in [-0.2, -0.15) is 5.10 Å². The second-order valence-electron chi connectivity index (χ2n) is 5.52. The summed E-state index contributed by atoms with van der Waals surface area (Å²) in [4.78, 5) is 22.4. The summed E-state index contributed by atoms with van der Waals surface area (Å²) >= 11 is 5.83. The van der Waals surface area contributed by atoms with Crippen LogP contribution in [-0.4, -0.2) is 23.7 Å². The maximum Gasteiger partial charge on any atom is 0.280 e. The Hall–Kier alpha value is -3.65. The van der Waals surface area contributed by atoms with E-state index in [9.17, 15) is 14.9 Å². The molecule has 0 bridgehead atoms. The number of furan rings is 1. The maximum absolute atomic E-state index is 11.7. The number of benzene rings is 2. The lowest BCUT2D eigenvalue weighted by molar-refractivity contribution is -0.384. The van der Waals surface area contributed by atoms with Crippen LogP contribution < -0.4 is 10.2 Å². The third-order valence-electron chi connectivity index (χ3n) is 3.54. The predicted molar refractivity (Wildman–Crippen MR) is 103 cm³/mol. The number of nitrogens with one attached hydrogen (secondary N) is 1. The monoisotopic (exact) mass is 399 g/mol. The zero-order valence-electron chi connectivity index (χ0n) is 14.4. The molecule has 142 valence electrons. The second kappa shape index (κ2) is 8.83. The minimum Gasteiger partial charge on any atom is -0.484 e. The molecule has 0 saturated carbocycles. The Bertz CT molecular complexity index is 1030. The smallest absolute Gasteiger partial charge is 0.280 e. The van der Waals surface area contributed by atoms with Gasteiger partial charge in [-0.3, -0.25) is 14.9 Å². The van der Waals surface area contributed by atoms with Crippen LogP contribution >= 0.6 is 11.6 Å². The number of amides is 1. The van der Waals surface area contributed by atoms with Gasteiger partial charge in [-0.15, -0.1) is 0 Å². The van der Waals surface area contributed by atoms with E-state index in [4.69, 9.17) is 20.8 Å². The average molecular weight is 400 g/mol. The van der Waals surface area contributed by atoms with Crippen molar-refractivity contribution in [2.24, 2.45) is 5.10 Å². The van der Waals surface area contributed by atoms with Crippen molar-refractivity contribution < 1.29 is 18.9 Å². The van der Waals surface area contributed by atoms with E-state index in [0.29, 0.717) is 27.9 Å². The molecule has 1 N–H and O–H groups in total. The van der Waals surface area contributed by atoms with Crippen molar-refractivity contribution in [3.63, 3.8) is 0 Å². The number of carbonyl (C=O) groups is 1. The van der Waals surface area contributed by atoms with Gasteiger partial charge in [0.2, 0.25) is 0 Å². The van der Waals surface area contributed by atoms with E-state index in [0.717, 1.165) is 0 Å². The fourth-order valence-electron chi connectivity index (χ4n) is 2.31. The van der Waals surface area contributed by atoms with E-state index in [2.05, 4.69) is 10.5 Å². The van der Waals surface area contributed by atoms with Crippen LogP contribution in [0.25, 0.3) is 11.3 Å². The van der Waals surface area contributed by atoms with Gasteiger partial charge in [-0.05, 0) is 36.4 Å². The van der Waals surface area contributed by atoms with Crippen LogP contribution in [0.1, 0.15) is 5.76 Å². The Morgan fingerprint density at radius 3 is 2.82 bits per heavy atom. The fraction of sp³-hybridized carbons (Fsp3) is 0.0526. The maximum atomic E-state index is 11.7. The molecule has 3 rings (SSSR count). The number of nitro groups is 1. The molecule has 0 aliphatic heterocycles. The van der Waals surface area contributed by atoms with E-state index in [1.807, 2.05) is 0 Å². The first kappa shape index (κ1) is 19.1. The molecular weight excluding hydrogens is 386 g/mol. The molecule has 0 aliphatic rings. The Labute approximate surface area is 164 Å². The molecule has 0 fully saturated rings. The molecule has 9 heteroatoms. The molecule has 1 aromatic heterocycles. The molecule has 1 amide bonds. The first-order valence-corrected chi connectivity index (χ1v) is 8.44. The highest BCUT2D eigenvalue weighted by molar-refractivity contribution is 6.30. The summed E-state index contributed by atoms with van der Waals surface area (Å²) in [5.74, 6) is 0.641. The standard InChI is InChI=1S/C19H14ClN3O5/c20-13-4-3-5-14(10-13)27-12-19(24)22-21-11-15-8-9-18(28-15)16-6-1-2-7-17(16)23(25)26/h1-11H,12H2,(H,22,24). The summed E-state index contributed by atoms with van der Waals surface area (Å²) in [7, 11) is 0. The molecule has 8 nitrogen and oxygen atoms in total. The minimum atomic E-state index is -0.480. The van der Waals surface area contributed by atoms with Crippen LogP contribution in [0.4, 0.5) is 5.69 Å². The van der Waals surface area contributed by atoms with Crippen LogP contribution in [0.2, 0.25) is 5.02 Å². The molecule has 0 aliphatic carbocycles. The molecule has 0 radical (unpaired) electrons. The van der Waals surface area contributed by atoms with Gasteiger partial charge in [0.1, 0.15) is 17.3 Å². The third-order valence-corrected chi connectivity index (χ3v) is 3.78. The van der Waals surface area contributed by atoms with Crippen LogP contribution in [0.3, 0.4) is 0 Å². The highest BCUT2D eigenvalue weighted by Gasteiger charge is 2.16. The van der Waals surface area contributed by atoms with Crippen molar-refractivity contribution >= 4 is 29.4 Å². The van der Waals surface area contributed by atoms with Crippen molar-refractivity contribution in [2.45, 2.75) is 0 Å². The number of halogens is 1. The van der Waals surface area contributed by atoms with Gasteiger partial charge >= 0.3 is 0 Å².